The van der Waals surface area contributed by atoms with Gasteiger partial charge in [-0.3, -0.25) is 4.79 Å². The first-order valence-electron chi connectivity index (χ1n) is 5.89. The molecular weight excluding hydrogens is 200 g/mol. The fourth-order valence-corrected chi connectivity index (χ4v) is 1.83. The summed E-state index contributed by atoms with van der Waals surface area (Å²) in [6.07, 6.45) is 6.92. The SMILES string of the molecule is C=C1C=CCCC1C(=O)NCCCN(C)C. The van der Waals surface area contributed by atoms with Gasteiger partial charge in [-0.2, -0.15) is 0 Å². The average molecular weight is 222 g/mol. The van der Waals surface area contributed by atoms with Crippen LogP contribution in [0.4, 0.5) is 0 Å². The van der Waals surface area contributed by atoms with Crippen LogP contribution in [0.15, 0.2) is 24.3 Å². The standard InChI is InChI=1S/C13H22N2O/c1-11-7-4-5-8-12(11)13(16)14-9-6-10-15(2)3/h4,7,12H,1,5-6,8-10H2,2-3H3,(H,14,16). The molecule has 16 heavy (non-hydrogen) atoms. The van der Waals surface area contributed by atoms with E-state index in [-0.39, 0.29) is 11.8 Å². The van der Waals surface area contributed by atoms with Crippen molar-refractivity contribution in [1.29, 1.82) is 0 Å². The molecule has 1 aliphatic rings. The first-order chi connectivity index (χ1) is 7.61. The van der Waals surface area contributed by atoms with E-state index in [0.29, 0.717) is 0 Å². The predicted octanol–water partition coefficient (Wildman–Crippen LogP) is 1.58. The van der Waals surface area contributed by atoms with Gasteiger partial charge in [0.1, 0.15) is 0 Å². The van der Waals surface area contributed by atoms with Crippen molar-refractivity contribution in [1.82, 2.24) is 10.2 Å². The minimum Gasteiger partial charge on any atom is -0.356 e. The summed E-state index contributed by atoms with van der Waals surface area (Å²) in [5.74, 6) is 0.123. The van der Waals surface area contributed by atoms with E-state index in [1.807, 2.05) is 20.2 Å². The number of rotatable bonds is 5. The van der Waals surface area contributed by atoms with Crippen LogP contribution >= 0.6 is 0 Å². The second-order valence-corrected chi connectivity index (χ2v) is 4.56. The number of carbonyl (C=O) groups excluding carboxylic acids is 1. The van der Waals surface area contributed by atoms with Crippen LogP contribution in [0, 0.1) is 5.92 Å². The van der Waals surface area contributed by atoms with Crippen LogP contribution in [0.1, 0.15) is 19.3 Å². The number of hydrogen-bond acceptors (Lipinski definition) is 2. The Labute approximate surface area is 98.2 Å². The lowest BCUT2D eigenvalue weighted by Crippen LogP contribution is -2.33. The van der Waals surface area contributed by atoms with Crippen LogP contribution < -0.4 is 5.32 Å². The van der Waals surface area contributed by atoms with E-state index in [0.717, 1.165) is 37.9 Å². The number of nitrogens with one attached hydrogen (secondary N) is 1. The maximum Gasteiger partial charge on any atom is 0.227 e. The maximum absolute atomic E-state index is 11.8. The molecule has 1 atom stereocenters. The molecule has 3 nitrogen and oxygen atoms in total. The molecule has 0 aromatic heterocycles. The second-order valence-electron chi connectivity index (χ2n) is 4.56. The Morgan fingerprint density at radius 3 is 3.00 bits per heavy atom. The molecule has 0 saturated heterocycles. The van der Waals surface area contributed by atoms with Gasteiger partial charge in [-0.15, -0.1) is 0 Å². The number of nitrogens with zero attached hydrogens (tertiary/aromatic N) is 1. The van der Waals surface area contributed by atoms with Gasteiger partial charge in [0.2, 0.25) is 5.91 Å². The summed E-state index contributed by atoms with van der Waals surface area (Å²) in [7, 11) is 4.07. The van der Waals surface area contributed by atoms with Crippen molar-refractivity contribution in [3.05, 3.63) is 24.3 Å². The Bertz CT molecular complexity index is 282. The summed E-state index contributed by atoms with van der Waals surface area (Å²) in [6.45, 7) is 5.68. The van der Waals surface area contributed by atoms with Crippen molar-refractivity contribution >= 4 is 5.91 Å². The van der Waals surface area contributed by atoms with E-state index in [4.69, 9.17) is 0 Å². The third-order valence-electron chi connectivity index (χ3n) is 2.80. The van der Waals surface area contributed by atoms with Crippen molar-refractivity contribution in [2.75, 3.05) is 27.2 Å². The quantitative estimate of drug-likeness (QED) is 0.716. The molecule has 1 rings (SSSR count). The zero-order chi connectivity index (χ0) is 12.0. The predicted molar refractivity (Wildman–Crippen MR) is 67.2 cm³/mol. The van der Waals surface area contributed by atoms with Gasteiger partial charge < -0.3 is 10.2 Å². The minimum atomic E-state index is -0.00986. The van der Waals surface area contributed by atoms with E-state index in [9.17, 15) is 4.79 Å². The first kappa shape index (κ1) is 13.0. The molecular formula is C13H22N2O. The third-order valence-corrected chi connectivity index (χ3v) is 2.80. The zero-order valence-electron chi connectivity index (χ0n) is 10.3. The summed E-state index contributed by atoms with van der Waals surface area (Å²) < 4.78 is 0. The lowest BCUT2D eigenvalue weighted by Gasteiger charge is -2.19. The molecule has 0 aromatic rings. The minimum absolute atomic E-state index is 0.00986. The molecule has 90 valence electrons. The molecule has 0 bridgehead atoms. The molecule has 1 unspecified atom stereocenters. The molecule has 0 spiro atoms. The van der Waals surface area contributed by atoms with Crippen molar-refractivity contribution < 1.29 is 4.79 Å². The Hall–Kier alpha value is -1.09. The number of allylic oxidation sites excluding steroid dienone is 2. The van der Waals surface area contributed by atoms with Crippen LogP contribution in [0.3, 0.4) is 0 Å². The van der Waals surface area contributed by atoms with Crippen LogP contribution in [0.25, 0.3) is 0 Å². The molecule has 0 aliphatic heterocycles. The Morgan fingerprint density at radius 1 is 1.62 bits per heavy atom. The third kappa shape index (κ3) is 4.19. The fourth-order valence-electron chi connectivity index (χ4n) is 1.83. The van der Waals surface area contributed by atoms with Gasteiger partial charge in [0.25, 0.3) is 0 Å². The monoisotopic (exact) mass is 222 g/mol. The number of hydrogen-bond donors (Lipinski definition) is 1. The molecule has 0 heterocycles. The highest BCUT2D eigenvalue weighted by atomic mass is 16.1. The van der Waals surface area contributed by atoms with Crippen molar-refractivity contribution in [2.45, 2.75) is 19.3 Å². The van der Waals surface area contributed by atoms with Gasteiger partial charge in [-0.05, 0) is 45.5 Å². The van der Waals surface area contributed by atoms with Crippen molar-refractivity contribution in [3.63, 3.8) is 0 Å². The first-order valence-corrected chi connectivity index (χ1v) is 5.89. The van der Waals surface area contributed by atoms with Crippen molar-refractivity contribution in [2.24, 2.45) is 5.92 Å². The molecule has 1 amide bonds. The van der Waals surface area contributed by atoms with E-state index in [1.54, 1.807) is 0 Å². The number of carbonyl (C=O) groups is 1. The second kappa shape index (κ2) is 6.48. The summed E-state index contributed by atoms with van der Waals surface area (Å²) in [6, 6.07) is 0. The largest absolute Gasteiger partial charge is 0.356 e. The summed E-state index contributed by atoms with van der Waals surface area (Å²) in [5, 5.41) is 2.98. The molecule has 0 saturated carbocycles. The van der Waals surface area contributed by atoms with E-state index in [2.05, 4.69) is 22.9 Å². The summed E-state index contributed by atoms with van der Waals surface area (Å²) >= 11 is 0. The molecule has 3 heteroatoms. The molecule has 1 N–H and O–H groups in total. The average Bonchev–Trinajstić information content (AvgIpc) is 2.24. The van der Waals surface area contributed by atoms with Gasteiger partial charge >= 0.3 is 0 Å². The Balaban J connectivity index is 2.24. The van der Waals surface area contributed by atoms with E-state index in [1.165, 1.54) is 0 Å². The molecule has 0 aromatic carbocycles. The smallest absolute Gasteiger partial charge is 0.227 e. The van der Waals surface area contributed by atoms with Crippen LogP contribution in [0.5, 0.6) is 0 Å². The lowest BCUT2D eigenvalue weighted by molar-refractivity contribution is -0.124. The summed E-state index contributed by atoms with van der Waals surface area (Å²) in [4.78, 5) is 14.0. The molecule has 1 aliphatic carbocycles. The van der Waals surface area contributed by atoms with Crippen LogP contribution in [-0.2, 0) is 4.79 Å². The normalized spacial score (nSPS) is 20.2. The van der Waals surface area contributed by atoms with Gasteiger partial charge in [0.15, 0.2) is 0 Å². The Kier molecular flexibility index (Phi) is 5.26. The van der Waals surface area contributed by atoms with E-state index >= 15 is 0 Å². The Morgan fingerprint density at radius 2 is 2.38 bits per heavy atom. The number of amides is 1. The summed E-state index contributed by atoms with van der Waals surface area (Å²) in [5.41, 5.74) is 0.941. The highest BCUT2D eigenvalue weighted by Gasteiger charge is 2.21. The van der Waals surface area contributed by atoms with Crippen molar-refractivity contribution in [3.8, 4) is 0 Å². The lowest BCUT2D eigenvalue weighted by atomic mass is 9.89. The van der Waals surface area contributed by atoms with Gasteiger partial charge in [-0.25, -0.2) is 0 Å². The molecule has 0 radical (unpaired) electrons. The highest BCUT2D eigenvalue weighted by Crippen LogP contribution is 2.22. The van der Waals surface area contributed by atoms with Gasteiger partial charge in [0.05, 0.1) is 5.92 Å². The van der Waals surface area contributed by atoms with Gasteiger partial charge in [0, 0.05) is 6.54 Å². The topological polar surface area (TPSA) is 32.3 Å². The molecule has 0 fully saturated rings. The van der Waals surface area contributed by atoms with Gasteiger partial charge in [-0.1, -0.05) is 18.7 Å². The van der Waals surface area contributed by atoms with E-state index < -0.39 is 0 Å². The fraction of sp³-hybridized carbons (Fsp3) is 0.615. The van der Waals surface area contributed by atoms with Crippen LogP contribution in [0.2, 0.25) is 0 Å². The zero-order valence-corrected chi connectivity index (χ0v) is 10.3. The maximum atomic E-state index is 11.8. The van der Waals surface area contributed by atoms with Crippen LogP contribution in [-0.4, -0.2) is 38.0 Å². The highest BCUT2D eigenvalue weighted by molar-refractivity contribution is 5.82.